The normalized spacial score (nSPS) is 14.9. The van der Waals surface area contributed by atoms with E-state index in [0.717, 1.165) is 11.1 Å². The number of carbonyl (C=O) groups excluding carboxylic acids is 2. The minimum absolute atomic E-state index is 0.00753. The van der Waals surface area contributed by atoms with Gasteiger partial charge in [-0.3, -0.25) is 9.59 Å². The lowest BCUT2D eigenvalue weighted by molar-refractivity contribution is 0.0649. The van der Waals surface area contributed by atoms with Crippen LogP contribution < -0.4 is 5.73 Å². The smallest absolute Gasteiger partial charge is 0.255 e. The molecule has 2 aromatic carbocycles. The Balaban J connectivity index is 1.98. The molecule has 3 rings (SSSR count). The zero-order valence-electron chi connectivity index (χ0n) is 13.3. The number of nitrogens with zero attached hydrogens (tertiary/aromatic N) is 1. The van der Waals surface area contributed by atoms with Gasteiger partial charge in [-0.1, -0.05) is 44.2 Å². The van der Waals surface area contributed by atoms with Crippen molar-refractivity contribution in [2.75, 3.05) is 0 Å². The fourth-order valence-corrected chi connectivity index (χ4v) is 3.30. The molecule has 0 bridgehead atoms. The first kappa shape index (κ1) is 15.3. The van der Waals surface area contributed by atoms with Crippen molar-refractivity contribution in [3.63, 3.8) is 0 Å². The van der Waals surface area contributed by atoms with Crippen molar-refractivity contribution in [1.29, 1.82) is 0 Å². The highest BCUT2D eigenvalue weighted by atomic mass is 16.2. The molecule has 2 aromatic rings. The number of hydrogen-bond acceptors (Lipinski definition) is 2. The van der Waals surface area contributed by atoms with E-state index in [-0.39, 0.29) is 17.9 Å². The Kier molecular flexibility index (Phi) is 3.90. The fourth-order valence-electron chi connectivity index (χ4n) is 3.30. The highest BCUT2D eigenvalue weighted by Crippen LogP contribution is 2.36. The molecule has 4 nitrogen and oxygen atoms in total. The summed E-state index contributed by atoms with van der Waals surface area (Å²) in [4.78, 5) is 26.0. The van der Waals surface area contributed by atoms with E-state index >= 15 is 0 Å². The molecule has 23 heavy (non-hydrogen) atoms. The van der Waals surface area contributed by atoms with Crippen LogP contribution >= 0.6 is 0 Å². The molecule has 0 saturated carbocycles. The van der Waals surface area contributed by atoms with Gasteiger partial charge in [-0.2, -0.15) is 0 Å². The first-order chi connectivity index (χ1) is 11.0. The van der Waals surface area contributed by atoms with Crippen molar-refractivity contribution < 1.29 is 9.59 Å². The molecular formula is C19H20N2O2. The summed E-state index contributed by atoms with van der Waals surface area (Å²) >= 11 is 0. The minimum atomic E-state index is -0.470. The Morgan fingerprint density at radius 1 is 1.13 bits per heavy atom. The van der Waals surface area contributed by atoms with E-state index < -0.39 is 5.91 Å². The van der Waals surface area contributed by atoms with Crippen LogP contribution in [0, 0.1) is 5.92 Å². The first-order valence-electron chi connectivity index (χ1n) is 7.77. The van der Waals surface area contributed by atoms with Crippen molar-refractivity contribution in [1.82, 2.24) is 4.90 Å². The number of carbonyl (C=O) groups is 2. The average Bonchev–Trinajstić information content (AvgIpc) is 2.84. The van der Waals surface area contributed by atoms with Crippen molar-refractivity contribution >= 4 is 11.8 Å². The number of fused-ring (bicyclic) bond motifs is 1. The summed E-state index contributed by atoms with van der Waals surface area (Å²) in [6.07, 6.45) is 0. The van der Waals surface area contributed by atoms with Gasteiger partial charge < -0.3 is 10.6 Å². The van der Waals surface area contributed by atoms with Crippen LogP contribution in [-0.2, 0) is 6.54 Å². The van der Waals surface area contributed by atoms with Crippen molar-refractivity contribution in [3.05, 3.63) is 70.8 Å². The number of amides is 2. The summed E-state index contributed by atoms with van der Waals surface area (Å²) in [6, 6.07) is 15.1. The first-order valence-corrected chi connectivity index (χ1v) is 7.77. The molecule has 118 valence electrons. The van der Waals surface area contributed by atoms with Gasteiger partial charge in [-0.05, 0) is 35.2 Å². The lowest BCUT2D eigenvalue weighted by Crippen LogP contribution is -2.32. The monoisotopic (exact) mass is 308 g/mol. The Hall–Kier alpha value is -2.62. The number of nitrogens with two attached hydrogens (primary N) is 1. The van der Waals surface area contributed by atoms with Crippen molar-refractivity contribution in [3.8, 4) is 0 Å². The van der Waals surface area contributed by atoms with Crippen LogP contribution in [0.15, 0.2) is 48.5 Å². The summed E-state index contributed by atoms with van der Waals surface area (Å²) in [7, 11) is 0. The third-order valence-corrected chi connectivity index (χ3v) is 4.33. The van der Waals surface area contributed by atoms with Gasteiger partial charge in [0.2, 0.25) is 5.91 Å². The van der Waals surface area contributed by atoms with E-state index in [1.54, 1.807) is 18.2 Å². The van der Waals surface area contributed by atoms with Gasteiger partial charge in [0.05, 0.1) is 6.04 Å². The number of hydrogen-bond donors (Lipinski definition) is 1. The average molecular weight is 308 g/mol. The van der Waals surface area contributed by atoms with Gasteiger partial charge in [-0.25, -0.2) is 0 Å². The van der Waals surface area contributed by atoms with Crippen LogP contribution in [0.5, 0.6) is 0 Å². The molecule has 1 atom stereocenters. The Morgan fingerprint density at radius 2 is 1.83 bits per heavy atom. The highest BCUT2D eigenvalue weighted by Gasteiger charge is 2.35. The van der Waals surface area contributed by atoms with Crippen LogP contribution in [0.1, 0.15) is 51.7 Å². The summed E-state index contributed by atoms with van der Waals surface area (Å²) in [5, 5.41) is 0. The predicted octanol–water partition coefficient (Wildman–Crippen LogP) is 3.14. The van der Waals surface area contributed by atoms with E-state index in [2.05, 4.69) is 26.0 Å². The maximum Gasteiger partial charge on any atom is 0.255 e. The van der Waals surface area contributed by atoms with Gasteiger partial charge in [-0.15, -0.1) is 0 Å². The van der Waals surface area contributed by atoms with Crippen LogP contribution in [0.3, 0.4) is 0 Å². The molecule has 0 unspecified atom stereocenters. The van der Waals surface area contributed by atoms with E-state index in [0.29, 0.717) is 17.7 Å². The van der Waals surface area contributed by atoms with Gasteiger partial charge in [0.15, 0.2) is 0 Å². The third-order valence-electron chi connectivity index (χ3n) is 4.33. The van der Waals surface area contributed by atoms with Crippen molar-refractivity contribution in [2.24, 2.45) is 11.7 Å². The molecule has 4 heteroatoms. The van der Waals surface area contributed by atoms with Crippen molar-refractivity contribution in [2.45, 2.75) is 26.4 Å². The quantitative estimate of drug-likeness (QED) is 0.943. The molecule has 1 aliphatic rings. The molecule has 1 heterocycles. The molecule has 0 aliphatic carbocycles. The van der Waals surface area contributed by atoms with Gasteiger partial charge >= 0.3 is 0 Å². The number of rotatable bonds is 4. The Labute approximate surface area is 135 Å². The molecule has 0 spiro atoms. The molecule has 0 fully saturated rings. The molecule has 0 saturated heterocycles. The Morgan fingerprint density at radius 3 is 2.43 bits per heavy atom. The molecule has 0 aromatic heterocycles. The van der Waals surface area contributed by atoms with Crippen LogP contribution in [-0.4, -0.2) is 16.7 Å². The predicted molar refractivity (Wildman–Crippen MR) is 88.9 cm³/mol. The number of benzene rings is 2. The molecule has 1 aliphatic heterocycles. The lowest BCUT2D eigenvalue weighted by Gasteiger charge is -2.31. The van der Waals surface area contributed by atoms with E-state index in [1.165, 1.54) is 0 Å². The zero-order chi connectivity index (χ0) is 16.6. The SMILES string of the molecule is CC(C)[C@H](c1ccccc1)N1Cc2cc(C(N)=O)ccc2C1=O. The highest BCUT2D eigenvalue weighted by molar-refractivity contribution is 6.01. The standard InChI is InChI=1S/C19H20N2O2/c1-12(2)17(13-6-4-3-5-7-13)21-11-15-10-14(18(20)22)8-9-16(15)19(21)23/h3-10,12,17H,11H2,1-2H3,(H2,20,22)/t17-/m1/s1. The maximum absolute atomic E-state index is 12.8. The largest absolute Gasteiger partial charge is 0.366 e. The van der Waals surface area contributed by atoms with Gasteiger partial charge in [0, 0.05) is 17.7 Å². The topological polar surface area (TPSA) is 63.4 Å². The Bertz CT molecular complexity index is 753. The van der Waals surface area contributed by atoms with E-state index in [4.69, 9.17) is 5.73 Å². The molecule has 2 amide bonds. The fraction of sp³-hybridized carbons (Fsp3) is 0.263. The van der Waals surface area contributed by atoms with Gasteiger partial charge in [0.1, 0.15) is 0 Å². The van der Waals surface area contributed by atoms with E-state index in [1.807, 2.05) is 23.1 Å². The second-order valence-corrected chi connectivity index (χ2v) is 6.27. The summed E-state index contributed by atoms with van der Waals surface area (Å²) in [5.74, 6) is -0.174. The van der Waals surface area contributed by atoms with E-state index in [9.17, 15) is 9.59 Å². The molecule has 2 N–H and O–H groups in total. The second-order valence-electron chi connectivity index (χ2n) is 6.27. The second kappa shape index (κ2) is 5.88. The van der Waals surface area contributed by atoms with Crippen LogP contribution in [0.4, 0.5) is 0 Å². The van der Waals surface area contributed by atoms with Crippen LogP contribution in [0.25, 0.3) is 0 Å². The molecular weight excluding hydrogens is 288 g/mol. The van der Waals surface area contributed by atoms with Gasteiger partial charge in [0.25, 0.3) is 5.91 Å². The summed E-state index contributed by atoms with van der Waals surface area (Å²) in [5.41, 5.74) is 8.44. The van der Waals surface area contributed by atoms with Crippen LogP contribution in [0.2, 0.25) is 0 Å². The summed E-state index contributed by atoms with van der Waals surface area (Å²) in [6.45, 7) is 4.73. The summed E-state index contributed by atoms with van der Waals surface area (Å²) < 4.78 is 0. The maximum atomic E-state index is 12.8. The lowest BCUT2D eigenvalue weighted by atomic mass is 9.94. The molecule has 0 radical (unpaired) electrons. The number of primary amides is 1. The third kappa shape index (κ3) is 2.72. The minimum Gasteiger partial charge on any atom is -0.366 e. The zero-order valence-corrected chi connectivity index (χ0v) is 13.3.